The maximum Gasteiger partial charge on any atom is 0.265 e. The molecule has 1 aromatic rings. The van der Waals surface area contributed by atoms with Crippen LogP contribution in [0.3, 0.4) is 0 Å². The van der Waals surface area contributed by atoms with Crippen LogP contribution in [0.25, 0.3) is 0 Å². The molecule has 2 N–H and O–H groups in total. The fourth-order valence-corrected chi connectivity index (χ4v) is 1.38. The van der Waals surface area contributed by atoms with Crippen LogP contribution < -0.4 is 5.73 Å². The number of carbonyl (C=O) groups is 1. The SMILES string of the molecule is CC(=O)c1ccc(C(F)F)c(N)c1Cl. The lowest BCUT2D eigenvalue weighted by atomic mass is 10.1. The molecule has 0 saturated carbocycles. The minimum atomic E-state index is -2.69. The Morgan fingerprint density at radius 1 is 1.50 bits per heavy atom. The molecule has 0 aliphatic carbocycles. The molecule has 0 spiro atoms. The average molecular weight is 220 g/mol. The molecule has 0 unspecified atom stereocenters. The summed E-state index contributed by atoms with van der Waals surface area (Å²) >= 11 is 5.66. The van der Waals surface area contributed by atoms with E-state index in [0.717, 1.165) is 6.07 Å². The molecule has 76 valence electrons. The number of alkyl halides is 2. The molecule has 1 rings (SSSR count). The van der Waals surface area contributed by atoms with E-state index in [-0.39, 0.29) is 27.6 Å². The highest BCUT2D eigenvalue weighted by Crippen LogP contribution is 2.33. The first kappa shape index (κ1) is 10.9. The number of ketones is 1. The summed E-state index contributed by atoms with van der Waals surface area (Å²) in [5.41, 5.74) is 4.94. The minimum absolute atomic E-state index is 0.102. The van der Waals surface area contributed by atoms with Crippen molar-refractivity contribution >= 4 is 23.1 Å². The zero-order chi connectivity index (χ0) is 10.9. The van der Waals surface area contributed by atoms with Crippen molar-refractivity contribution in [1.82, 2.24) is 0 Å². The molecule has 1 aromatic carbocycles. The van der Waals surface area contributed by atoms with Crippen LogP contribution in [0.15, 0.2) is 12.1 Å². The highest BCUT2D eigenvalue weighted by atomic mass is 35.5. The Morgan fingerprint density at radius 2 is 2.07 bits per heavy atom. The van der Waals surface area contributed by atoms with Gasteiger partial charge in [-0.2, -0.15) is 0 Å². The third-order valence-electron chi connectivity index (χ3n) is 1.83. The second kappa shape index (κ2) is 3.92. The van der Waals surface area contributed by atoms with Crippen LogP contribution >= 0.6 is 11.6 Å². The van der Waals surface area contributed by atoms with Crippen molar-refractivity contribution in [2.45, 2.75) is 13.3 Å². The zero-order valence-corrected chi connectivity index (χ0v) is 8.11. The Bertz CT molecular complexity index is 379. The maximum absolute atomic E-state index is 12.3. The Kier molecular flexibility index (Phi) is 3.06. The number of nitrogens with two attached hydrogens (primary N) is 1. The lowest BCUT2D eigenvalue weighted by molar-refractivity contribution is 0.101. The van der Waals surface area contributed by atoms with E-state index in [9.17, 15) is 13.6 Å². The first-order valence-corrected chi connectivity index (χ1v) is 4.20. The lowest BCUT2D eigenvalue weighted by Gasteiger charge is -2.08. The van der Waals surface area contributed by atoms with Crippen LogP contribution in [0, 0.1) is 0 Å². The maximum atomic E-state index is 12.3. The molecular formula is C9H8ClF2NO. The van der Waals surface area contributed by atoms with Gasteiger partial charge in [0.05, 0.1) is 10.7 Å². The van der Waals surface area contributed by atoms with Gasteiger partial charge in [-0.15, -0.1) is 0 Å². The van der Waals surface area contributed by atoms with Crippen molar-refractivity contribution in [2.75, 3.05) is 5.73 Å². The van der Waals surface area contributed by atoms with Gasteiger partial charge in [-0.25, -0.2) is 8.78 Å². The molecule has 0 bridgehead atoms. The number of halogens is 3. The fraction of sp³-hybridized carbons (Fsp3) is 0.222. The van der Waals surface area contributed by atoms with E-state index in [4.69, 9.17) is 17.3 Å². The molecule has 0 amide bonds. The van der Waals surface area contributed by atoms with Gasteiger partial charge in [0.2, 0.25) is 0 Å². The van der Waals surface area contributed by atoms with Crippen molar-refractivity contribution in [2.24, 2.45) is 0 Å². The molecular weight excluding hydrogens is 212 g/mol. The number of nitrogen functional groups attached to an aromatic ring is 1. The largest absolute Gasteiger partial charge is 0.397 e. The third kappa shape index (κ3) is 1.85. The number of Topliss-reactive ketones (excluding diaryl/α,β-unsaturated/α-hetero) is 1. The molecule has 0 aliphatic rings. The second-order valence-electron chi connectivity index (χ2n) is 2.79. The molecule has 0 aromatic heterocycles. The van der Waals surface area contributed by atoms with Gasteiger partial charge in [-0.3, -0.25) is 4.79 Å². The molecule has 0 aliphatic heterocycles. The van der Waals surface area contributed by atoms with Gasteiger partial charge in [0, 0.05) is 11.1 Å². The van der Waals surface area contributed by atoms with E-state index in [1.54, 1.807) is 0 Å². The number of benzene rings is 1. The molecule has 0 heterocycles. The van der Waals surface area contributed by atoms with Crippen molar-refractivity contribution < 1.29 is 13.6 Å². The van der Waals surface area contributed by atoms with E-state index < -0.39 is 6.43 Å². The summed E-state index contributed by atoms with van der Waals surface area (Å²) in [6.45, 7) is 1.29. The Hall–Kier alpha value is -1.16. The number of carbonyl (C=O) groups excluding carboxylic acids is 1. The predicted molar refractivity (Wildman–Crippen MR) is 50.8 cm³/mol. The minimum Gasteiger partial charge on any atom is -0.397 e. The number of hydrogen-bond donors (Lipinski definition) is 1. The van der Waals surface area contributed by atoms with E-state index >= 15 is 0 Å². The van der Waals surface area contributed by atoms with Gasteiger partial charge in [0.25, 0.3) is 6.43 Å². The van der Waals surface area contributed by atoms with Gasteiger partial charge in [-0.05, 0) is 13.0 Å². The highest BCUT2D eigenvalue weighted by Gasteiger charge is 2.17. The topological polar surface area (TPSA) is 43.1 Å². The van der Waals surface area contributed by atoms with Gasteiger partial charge in [0.15, 0.2) is 5.78 Å². The van der Waals surface area contributed by atoms with Crippen LogP contribution in [0.5, 0.6) is 0 Å². The van der Waals surface area contributed by atoms with Gasteiger partial charge in [0.1, 0.15) is 0 Å². The summed E-state index contributed by atoms with van der Waals surface area (Å²) in [5, 5.41) is -0.102. The molecule has 2 nitrogen and oxygen atoms in total. The number of rotatable bonds is 2. The number of hydrogen-bond acceptors (Lipinski definition) is 2. The van der Waals surface area contributed by atoms with E-state index in [1.165, 1.54) is 13.0 Å². The molecule has 0 radical (unpaired) electrons. The van der Waals surface area contributed by atoms with Gasteiger partial charge >= 0.3 is 0 Å². The van der Waals surface area contributed by atoms with Crippen LogP contribution in [0.4, 0.5) is 14.5 Å². The zero-order valence-electron chi connectivity index (χ0n) is 7.35. The smallest absolute Gasteiger partial charge is 0.265 e. The normalized spacial score (nSPS) is 10.6. The fourth-order valence-electron chi connectivity index (χ4n) is 1.07. The summed E-state index contributed by atoms with van der Waals surface area (Å²) in [6, 6.07) is 2.37. The Labute approximate surface area is 84.7 Å². The summed E-state index contributed by atoms with van der Waals surface area (Å²) in [7, 11) is 0. The summed E-state index contributed by atoms with van der Waals surface area (Å²) < 4.78 is 24.6. The third-order valence-corrected chi connectivity index (χ3v) is 2.24. The molecule has 0 fully saturated rings. The Morgan fingerprint density at radius 3 is 2.50 bits per heavy atom. The average Bonchev–Trinajstić information content (AvgIpc) is 2.08. The molecule has 5 heteroatoms. The summed E-state index contributed by atoms with van der Waals surface area (Å²) in [6.07, 6.45) is -2.69. The molecule has 0 saturated heterocycles. The van der Waals surface area contributed by atoms with Crippen LogP contribution in [-0.2, 0) is 0 Å². The summed E-state index contributed by atoms with van der Waals surface area (Å²) in [5.74, 6) is -0.303. The molecule has 0 atom stereocenters. The predicted octanol–water partition coefficient (Wildman–Crippen LogP) is 3.06. The standard InChI is InChI=1S/C9H8ClF2NO/c1-4(14)5-2-3-6(9(11)12)8(13)7(5)10/h2-3,9H,13H2,1H3. The van der Waals surface area contributed by atoms with Gasteiger partial charge in [-0.1, -0.05) is 17.7 Å². The van der Waals surface area contributed by atoms with Crippen molar-refractivity contribution in [3.63, 3.8) is 0 Å². The van der Waals surface area contributed by atoms with E-state index in [0.29, 0.717) is 0 Å². The van der Waals surface area contributed by atoms with Crippen molar-refractivity contribution in [1.29, 1.82) is 0 Å². The monoisotopic (exact) mass is 219 g/mol. The number of anilines is 1. The van der Waals surface area contributed by atoms with E-state index in [1.807, 2.05) is 0 Å². The van der Waals surface area contributed by atoms with Crippen LogP contribution in [-0.4, -0.2) is 5.78 Å². The van der Waals surface area contributed by atoms with E-state index in [2.05, 4.69) is 0 Å². The molecule has 14 heavy (non-hydrogen) atoms. The quantitative estimate of drug-likeness (QED) is 0.614. The van der Waals surface area contributed by atoms with Crippen molar-refractivity contribution in [3.05, 3.63) is 28.3 Å². The first-order chi connectivity index (χ1) is 6.45. The van der Waals surface area contributed by atoms with Crippen molar-refractivity contribution in [3.8, 4) is 0 Å². The van der Waals surface area contributed by atoms with Gasteiger partial charge < -0.3 is 5.73 Å². The lowest BCUT2D eigenvalue weighted by Crippen LogP contribution is -2.01. The van der Waals surface area contributed by atoms with Crippen LogP contribution in [0.2, 0.25) is 5.02 Å². The Balaban J connectivity index is 3.33. The second-order valence-corrected chi connectivity index (χ2v) is 3.16. The first-order valence-electron chi connectivity index (χ1n) is 3.82. The van der Waals surface area contributed by atoms with Crippen LogP contribution in [0.1, 0.15) is 29.3 Å². The summed E-state index contributed by atoms with van der Waals surface area (Å²) in [4.78, 5) is 11.0. The highest BCUT2D eigenvalue weighted by molar-refractivity contribution is 6.36.